The van der Waals surface area contributed by atoms with Gasteiger partial charge in [-0.1, -0.05) is 25.5 Å². The molecule has 0 aromatic heterocycles. The summed E-state index contributed by atoms with van der Waals surface area (Å²) in [5.41, 5.74) is 2.37. The van der Waals surface area contributed by atoms with Crippen molar-refractivity contribution in [2.75, 3.05) is 13.2 Å². The molecule has 0 unspecified atom stereocenters. The summed E-state index contributed by atoms with van der Waals surface area (Å²) in [5, 5.41) is 6.81. The Hall–Kier alpha value is -2.08. The van der Waals surface area contributed by atoms with Crippen molar-refractivity contribution in [2.45, 2.75) is 39.7 Å². The molecule has 2 rings (SSSR count). The second-order valence-electron chi connectivity index (χ2n) is 5.40. The molecule has 130 valence electrons. The van der Waals surface area contributed by atoms with Crippen LogP contribution in [0.1, 0.15) is 45.2 Å². The van der Waals surface area contributed by atoms with Crippen LogP contribution in [-0.2, 0) is 9.53 Å². The quantitative estimate of drug-likeness (QED) is 0.583. The summed E-state index contributed by atoms with van der Waals surface area (Å²) in [6, 6.07) is 7.36. The number of hydrogen-bond acceptors (Lipinski definition) is 4. The van der Waals surface area contributed by atoms with Crippen LogP contribution in [0.5, 0.6) is 5.75 Å². The Labute approximate surface area is 148 Å². The van der Waals surface area contributed by atoms with Crippen LogP contribution in [0.2, 0.25) is 0 Å². The fourth-order valence-electron chi connectivity index (χ4n) is 2.69. The molecule has 1 aromatic rings. The zero-order valence-corrected chi connectivity index (χ0v) is 15.2. The largest absolute Gasteiger partial charge is 0.494 e. The third kappa shape index (κ3) is 4.26. The van der Waals surface area contributed by atoms with Gasteiger partial charge in [-0.05, 0) is 50.2 Å². The van der Waals surface area contributed by atoms with Crippen molar-refractivity contribution in [3.63, 3.8) is 0 Å². The number of ether oxygens (including phenoxy) is 2. The molecule has 0 fully saturated rings. The fourth-order valence-corrected chi connectivity index (χ4v) is 2.93. The minimum absolute atomic E-state index is 0.317. The van der Waals surface area contributed by atoms with Gasteiger partial charge in [0, 0.05) is 5.70 Å². The number of esters is 1. The van der Waals surface area contributed by atoms with Crippen molar-refractivity contribution >= 4 is 23.3 Å². The lowest BCUT2D eigenvalue weighted by Gasteiger charge is -2.31. The van der Waals surface area contributed by atoms with Crippen LogP contribution in [0.15, 0.2) is 35.5 Å². The number of benzene rings is 1. The van der Waals surface area contributed by atoms with E-state index in [2.05, 4.69) is 17.6 Å². The van der Waals surface area contributed by atoms with Gasteiger partial charge in [0.05, 0.1) is 24.8 Å². The van der Waals surface area contributed by atoms with E-state index in [4.69, 9.17) is 21.7 Å². The molecule has 1 heterocycles. The van der Waals surface area contributed by atoms with E-state index in [1.54, 1.807) is 6.92 Å². The van der Waals surface area contributed by atoms with Gasteiger partial charge in [-0.25, -0.2) is 4.79 Å². The number of thiocarbonyl (C=S) groups is 1. The molecule has 6 heteroatoms. The van der Waals surface area contributed by atoms with Crippen LogP contribution < -0.4 is 15.4 Å². The van der Waals surface area contributed by atoms with Crippen LogP contribution >= 0.6 is 12.2 Å². The molecule has 0 amide bonds. The Morgan fingerprint density at radius 3 is 2.46 bits per heavy atom. The molecule has 0 radical (unpaired) electrons. The first-order valence-corrected chi connectivity index (χ1v) is 8.71. The Bertz CT molecular complexity index is 626. The Kier molecular flexibility index (Phi) is 6.61. The molecule has 5 nitrogen and oxygen atoms in total. The average Bonchev–Trinajstić information content (AvgIpc) is 2.56. The van der Waals surface area contributed by atoms with Crippen LogP contribution in [0, 0.1) is 0 Å². The van der Waals surface area contributed by atoms with Crippen LogP contribution in [0.4, 0.5) is 0 Å². The van der Waals surface area contributed by atoms with E-state index in [1.807, 2.05) is 31.2 Å². The van der Waals surface area contributed by atoms with Gasteiger partial charge in [-0.3, -0.25) is 0 Å². The predicted octanol–water partition coefficient (Wildman–Crippen LogP) is 3.22. The third-order valence-corrected chi connectivity index (χ3v) is 3.89. The average molecular weight is 348 g/mol. The molecular formula is C18H24N2O3S. The Morgan fingerprint density at radius 1 is 1.17 bits per heavy atom. The Morgan fingerprint density at radius 2 is 1.88 bits per heavy atom. The molecule has 0 bridgehead atoms. The van der Waals surface area contributed by atoms with E-state index in [0.29, 0.717) is 23.9 Å². The summed E-state index contributed by atoms with van der Waals surface area (Å²) in [6.07, 6.45) is 1.65. The molecule has 2 N–H and O–H groups in total. The van der Waals surface area contributed by atoms with Crippen LogP contribution in [0.25, 0.3) is 0 Å². The van der Waals surface area contributed by atoms with Crippen molar-refractivity contribution in [1.29, 1.82) is 0 Å². The lowest BCUT2D eigenvalue weighted by molar-refractivity contribution is -0.139. The zero-order valence-electron chi connectivity index (χ0n) is 14.3. The number of carbonyl (C=O) groups excluding carboxylic acids is 1. The number of carbonyl (C=O) groups is 1. The van der Waals surface area contributed by atoms with Crippen LogP contribution in [0.3, 0.4) is 0 Å². The van der Waals surface area contributed by atoms with E-state index in [-0.39, 0.29) is 12.0 Å². The van der Waals surface area contributed by atoms with E-state index in [0.717, 1.165) is 29.9 Å². The summed E-state index contributed by atoms with van der Waals surface area (Å²) in [6.45, 7) is 6.76. The molecule has 1 aliphatic rings. The van der Waals surface area contributed by atoms with Gasteiger partial charge in [-0.15, -0.1) is 0 Å². The first-order valence-electron chi connectivity index (χ1n) is 8.31. The lowest BCUT2D eigenvalue weighted by Crippen LogP contribution is -2.45. The highest BCUT2D eigenvalue weighted by atomic mass is 32.1. The Balaban J connectivity index is 2.41. The third-order valence-electron chi connectivity index (χ3n) is 3.67. The second-order valence-corrected chi connectivity index (χ2v) is 5.80. The molecule has 1 aromatic carbocycles. The summed E-state index contributed by atoms with van der Waals surface area (Å²) >= 11 is 5.31. The van der Waals surface area contributed by atoms with Crippen molar-refractivity contribution in [3.05, 3.63) is 41.1 Å². The molecule has 0 saturated heterocycles. The highest BCUT2D eigenvalue weighted by Gasteiger charge is 2.31. The molecule has 0 spiro atoms. The smallest absolute Gasteiger partial charge is 0.338 e. The number of rotatable bonds is 7. The number of allylic oxidation sites excluding steroid dienone is 1. The molecule has 0 aliphatic carbocycles. The van der Waals surface area contributed by atoms with Crippen molar-refractivity contribution in [1.82, 2.24) is 10.6 Å². The van der Waals surface area contributed by atoms with E-state index < -0.39 is 0 Å². The van der Waals surface area contributed by atoms with Gasteiger partial charge in [0.1, 0.15) is 5.75 Å². The predicted molar refractivity (Wildman–Crippen MR) is 97.8 cm³/mol. The summed E-state index contributed by atoms with van der Waals surface area (Å²) in [4.78, 5) is 12.5. The van der Waals surface area contributed by atoms with Gasteiger partial charge in [0.25, 0.3) is 0 Å². The maximum absolute atomic E-state index is 12.5. The second kappa shape index (κ2) is 8.68. The standard InChI is InChI=1S/C18H24N2O3S/c1-4-7-14-15(17(21)23-6-3)16(20-18(24)19-14)12-8-10-13(11-9-12)22-5-2/h8-11,16H,4-7H2,1-3H3,(H2,19,20,24)/t16-/m0/s1. The molecule has 1 atom stereocenters. The highest BCUT2D eigenvalue weighted by molar-refractivity contribution is 7.80. The number of nitrogens with one attached hydrogen (secondary N) is 2. The van der Waals surface area contributed by atoms with Gasteiger partial charge in [0.2, 0.25) is 0 Å². The topological polar surface area (TPSA) is 59.6 Å². The normalized spacial score (nSPS) is 17.1. The maximum Gasteiger partial charge on any atom is 0.338 e. The maximum atomic E-state index is 12.5. The first kappa shape index (κ1) is 18.3. The molecule has 24 heavy (non-hydrogen) atoms. The van der Waals surface area contributed by atoms with Crippen molar-refractivity contribution < 1.29 is 14.3 Å². The minimum atomic E-state index is -0.324. The van der Waals surface area contributed by atoms with Crippen molar-refractivity contribution in [3.8, 4) is 5.75 Å². The van der Waals surface area contributed by atoms with E-state index in [1.165, 1.54) is 0 Å². The number of hydrogen-bond donors (Lipinski definition) is 2. The van der Waals surface area contributed by atoms with Gasteiger partial charge < -0.3 is 20.1 Å². The van der Waals surface area contributed by atoms with Gasteiger partial charge >= 0.3 is 5.97 Å². The zero-order chi connectivity index (χ0) is 17.5. The molecular weight excluding hydrogens is 324 g/mol. The molecule has 0 saturated carbocycles. The molecule has 1 aliphatic heterocycles. The fraction of sp³-hybridized carbons (Fsp3) is 0.444. The van der Waals surface area contributed by atoms with Gasteiger partial charge in [-0.2, -0.15) is 0 Å². The van der Waals surface area contributed by atoms with Crippen molar-refractivity contribution in [2.24, 2.45) is 0 Å². The summed E-state index contributed by atoms with van der Waals surface area (Å²) in [7, 11) is 0. The lowest BCUT2D eigenvalue weighted by atomic mass is 9.94. The highest BCUT2D eigenvalue weighted by Crippen LogP contribution is 2.30. The summed E-state index contributed by atoms with van der Waals surface area (Å²) in [5.74, 6) is 0.482. The van der Waals surface area contributed by atoms with Crippen LogP contribution in [-0.4, -0.2) is 24.3 Å². The monoisotopic (exact) mass is 348 g/mol. The SMILES string of the molecule is CCCC1=C(C(=O)OCC)[C@H](c2ccc(OCC)cc2)NC(=S)N1. The van der Waals surface area contributed by atoms with E-state index >= 15 is 0 Å². The minimum Gasteiger partial charge on any atom is -0.494 e. The van der Waals surface area contributed by atoms with E-state index in [9.17, 15) is 4.79 Å². The first-order chi connectivity index (χ1) is 11.6. The summed E-state index contributed by atoms with van der Waals surface area (Å²) < 4.78 is 10.7. The van der Waals surface area contributed by atoms with Gasteiger partial charge in [0.15, 0.2) is 5.11 Å².